The highest BCUT2D eigenvalue weighted by Gasteiger charge is 2.02. The van der Waals surface area contributed by atoms with Crippen molar-refractivity contribution in [1.29, 1.82) is 0 Å². The lowest BCUT2D eigenvalue weighted by Gasteiger charge is -2.07. The zero-order chi connectivity index (χ0) is 12.7. The van der Waals surface area contributed by atoms with Crippen LogP contribution in [0, 0.1) is 0 Å². The molecule has 0 atom stereocenters. The summed E-state index contributed by atoms with van der Waals surface area (Å²) in [4.78, 5) is 4.32. The van der Waals surface area contributed by atoms with Gasteiger partial charge in [-0.15, -0.1) is 0 Å². The third-order valence-corrected chi connectivity index (χ3v) is 3.56. The largest absolute Gasteiger partial charge is 0.311 e. The molecule has 0 unspecified atom stereocenters. The van der Waals surface area contributed by atoms with Crippen molar-refractivity contribution in [1.82, 2.24) is 10.3 Å². The molecule has 1 aromatic heterocycles. The first-order valence-electron chi connectivity index (χ1n) is 5.84. The van der Waals surface area contributed by atoms with Crippen LogP contribution in [0.25, 0.3) is 0 Å². The molecule has 96 valence electrons. The number of aryl methyl sites for hydroxylation is 1. The summed E-state index contributed by atoms with van der Waals surface area (Å²) in [5.74, 6) is 0.239. The van der Waals surface area contributed by atoms with E-state index in [1.807, 2.05) is 6.07 Å². The summed E-state index contributed by atoms with van der Waals surface area (Å²) in [6, 6.07) is 4.01. The summed E-state index contributed by atoms with van der Waals surface area (Å²) >= 11 is 0. The Morgan fingerprint density at radius 3 is 2.82 bits per heavy atom. The Bertz CT molecular complexity index is 444. The van der Waals surface area contributed by atoms with Crippen LogP contribution in [0.5, 0.6) is 0 Å². The second kappa shape index (κ2) is 6.71. The van der Waals surface area contributed by atoms with Gasteiger partial charge in [-0.2, -0.15) is 0 Å². The van der Waals surface area contributed by atoms with E-state index >= 15 is 0 Å². The second-order valence-corrected chi connectivity index (χ2v) is 6.38. The Labute approximate surface area is 103 Å². The third kappa shape index (κ3) is 5.79. The molecule has 5 heteroatoms. The van der Waals surface area contributed by atoms with Gasteiger partial charge in [-0.05, 0) is 31.0 Å². The number of nitrogens with zero attached hydrogens (tertiary/aromatic N) is 1. The van der Waals surface area contributed by atoms with Gasteiger partial charge in [0.1, 0.15) is 9.84 Å². The van der Waals surface area contributed by atoms with Crippen molar-refractivity contribution < 1.29 is 8.42 Å². The van der Waals surface area contributed by atoms with Gasteiger partial charge < -0.3 is 5.32 Å². The average Bonchev–Trinajstić information content (AvgIpc) is 2.27. The van der Waals surface area contributed by atoms with Gasteiger partial charge in [0, 0.05) is 19.0 Å². The molecule has 0 saturated carbocycles. The molecule has 4 nitrogen and oxygen atoms in total. The predicted octanol–water partition coefficient (Wildman–Crippen LogP) is 1.17. The minimum Gasteiger partial charge on any atom is -0.311 e. The summed E-state index contributed by atoms with van der Waals surface area (Å²) in [6.07, 6.45) is 4.66. The van der Waals surface area contributed by atoms with E-state index in [1.165, 1.54) is 11.8 Å². The second-order valence-electron chi connectivity index (χ2n) is 4.12. The van der Waals surface area contributed by atoms with Crippen LogP contribution in [0.3, 0.4) is 0 Å². The standard InChI is InChI=1S/C12H20N2O2S/c1-3-11-6-4-8-14-12(11)10-13-7-5-9-17(2,15)16/h4,6,8,13H,3,5,7,9-10H2,1-2H3. The maximum atomic E-state index is 10.9. The van der Waals surface area contributed by atoms with Crippen LogP contribution < -0.4 is 5.32 Å². The molecule has 1 aromatic rings. The molecule has 0 aromatic carbocycles. The van der Waals surface area contributed by atoms with Gasteiger partial charge in [0.05, 0.1) is 11.4 Å². The SMILES string of the molecule is CCc1cccnc1CNCCCS(C)(=O)=O. The van der Waals surface area contributed by atoms with E-state index in [2.05, 4.69) is 23.3 Å². The van der Waals surface area contributed by atoms with Crippen molar-refractivity contribution in [3.05, 3.63) is 29.6 Å². The average molecular weight is 256 g/mol. The Hall–Kier alpha value is -0.940. The van der Waals surface area contributed by atoms with Crippen molar-refractivity contribution in [2.24, 2.45) is 0 Å². The molecule has 1 heterocycles. The van der Waals surface area contributed by atoms with Crippen LogP contribution >= 0.6 is 0 Å². The molecule has 0 radical (unpaired) electrons. The number of nitrogens with one attached hydrogen (secondary N) is 1. The third-order valence-electron chi connectivity index (χ3n) is 2.53. The van der Waals surface area contributed by atoms with E-state index in [0.29, 0.717) is 19.5 Å². The smallest absolute Gasteiger partial charge is 0.147 e. The van der Waals surface area contributed by atoms with Gasteiger partial charge in [0.15, 0.2) is 0 Å². The van der Waals surface area contributed by atoms with Crippen LogP contribution in [0.2, 0.25) is 0 Å². The lowest BCUT2D eigenvalue weighted by molar-refractivity contribution is 0.593. The summed E-state index contributed by atoms with van der Waals surface area (Å²) < 4.78 is 21.8. The molecule has 0 aliphatic heterocycles. The predicted molar refractivity (Wildman–Crippen MR) is 69.6 cm³/mol. The normalized spacial score (nSPS) is 11.6. The Morgan fingerprint density at radius 2 is 2.18 bits per heavy atom. The highest BCUT2D eigenvalue weighted by molar-refractivity contribution is 7.90. The molecule has 0 aliphatic rings. The van der Waals surface area contributed by atoms with Crippen molar-refractivity contribution in [2.75, 3.05) is 18.6 Å². The quantitative estimate of drug-likeness (QED) is 0.744. The topological polar surface area (TPSA) is 59.1 Å². The van der Waals surface area contributed by atoms with Crippen LogP contribution in [-0.4, -0.2) is 32.0 Å². The lowest BCUT2D eigenvalue weighted by atomic mass is 10.1. The van der Waals surface area contributed by atoms with E-state index < -0.39 is 9.84 Å². The zero-order valence-corrected chi connectivity index (χ0v) is 11.3. The molecular formula is C12H20N2O2S. The van der Waals surface area contributed by atoms with Gasteiger partial charge in [0.25, 0.3) is 0 Å². The van der Waals surface area contributed by atoms with Gasteiger partial charge in [-0.1, -0.05) is 13.0 Å². The van der Waals surface area contributed by atoms with Crippen molar-refractivity contribution in [3.63, 3.8) is 0 Å². The molecule has 1 rings (SSSR count). The first kappa shape index (κ1) is 14.1. The number of aromatic nitrogens is 1. The van der Waals surface area contributed by atoms with Crippen molar-refractivity contribution in [3.8, 4) is 0 Å². The van der Waals surface area contributed by atoms with Gasteiger partial charge >= 0.3 is 0 Å². The molecule has 17 heavy (non-hydrogen) atoms. The highest BCUT2D eigenvalue weighted by atomic mass is 32.2. The van der Waals surface area contributed by atoms with E-state index in [-0.39, 0.29) is 5.75 Å². The van der Waals surface area contributed by atoms with Gasteiger partial charge in [0.2, 0.25) is 0 Å². The molecule has 1 N–H and O–H groups in total. The molecule has 0 saturated heterocycles. The van der Waals surface area contributed by atoms with Crippen LogP contribution in [-0.2, 0) is 22.8 Å². The van der Waals surface area contributed by atoms with E-state index in [0.717, 1.165) is 12.1 Å². The molecule has 0 aliphatic carbocycles. The number of rotatable bonds is 7. The molecule has 0 fully saturated rings. The summed E-state index contributed by atoms with van der Waals surface area (Å²) in [5.41, 5.74) is 2.29. The first-order chi connectivity index (χ1) is 8.03. The summed E-state index contributed by atoms with van der Waals surface area (Å²) in [7, 11) is -2.84. The fourth-order valence-corrected chi connectivity index (χ4v) is 2.29. The Morgan fingerprint density at radius 1 is 1.41 bits per heavy atom. The first-order valence-corrected chi connectivity index (χ1v) is 7.90. The monoisotopic (exact) mass is 256 g/mol. The fraction of sp³-hybridized carbons (Fsp3) is 0.583. The molecule has 0 spiro atoms. The van der Waals surface area contributed by atoms with Gasteiger partial charge in [-0.25, -0.2) is 8.42 Å². The Kier molecular flexibility index (Phi) is 5.58. The molecule has 0 bridgehead atoms. The number of hydrogen-bond donors (Lipinski definition) is 1. The minimum atomic E-state index is -2.84. The van der Waals surface area contributed by atoms with Gasteiger partial charge in [-0.3, -0.25) is 4.98 Å². The lowest BCUT2D eigenvalue weighted by Crippen LogP contribution is -2.19. The van der Waals surface area contributed by atoms with Crippen LogP contribution in [0.15, 0.2) is 18.3 Å². The van der Waals surface area contributed by atoms with Crippen LogP contribution in [0.1, 0.15) is 24.6 Å². The minimum absolute atomic E-state index is 0.239. The molecule has 0 amide bonds. The summed E-state index contributed by atoms with van der Waals surface area (Å²) in [5, 5.41) is 3.22. The fourth-order valence-electron chi connectivity index (χ4n) is 1.62. The highest BCUT2D eigenvalue weighted by Crippen LogP contribution is 2.05. The number of pyridine rings is 1. The van der Waals surface area contributed by atoms with Crippen molar-refractivity contribution >= 4 is 9.84 Å². The number of hydrogen-bond acceptors (Lipinski definition) is 4. The van der Waals surface area contributed by atoms with E-state index in [9.17, 15) is 8.42 Å². The summed E-state index contributed by atoms with van der Waals surface area (Å²) in [6.45, 7) is 3.50. The maximum Gasteiger partial charge on any atom is 0.147 e. The molecular weight excluding hydrogens is 236 g/mol. The van der Waals surface area contributed by atoms with E-state index in [4.69, 9.17) is 0 Å². The maximum absolute atomic E-state index is 10.9. The number of sulfone groups is 1. The zero-order valence-electron chi connectivity index (χ0n) is 10.4. The van der Waals surface area contributed by atoms with E-state index in [1.54, 1.807) is 6.20 Å². The van der Waals surface area contributed by atoms with Crippen molar-refractivity contribution in [2.45, 2.75) is 26.3 Å². The van der Waals surface area contributed by atoms with Crippen LogP contribution in [0.4, 0.5) is 0 Å². The Balaban J connectivity index is 2.31.